The summed E-state index contributed by atoms with van der Waals surface area (Å²) >= 11 is 0. The van der Waals surface area contributed by atoms with Crippen molar-refractivity contribution in [1.29, 1.82) is 0 Å². The molecule has 2 aromatic heterocycles. The van der Waals surface area contributed by atoms with Crippen molar-refractivity contribution in [2.75, 3.05) is 13.2 Å². The first-order chi connectivity index (χ1) is 24.6. The highest BCUT2D eigenvalue weighted by atomic mass is 16.6. The molecule has 5 aromatic rings. The molecule has 0 saturated heterocycles. The molecule has 0 fully saturated rings. The summed E-state index contributed by atoms with van der Waals surface area (Å²) in [7, 11) is 0. The van der Waals surface area contributed by atoms with Gasteiger partial charge in [-0.3, -0.25) is 14.5 Å². The van der Waals surface area contributed by atoms with E-state index in [2.05, 4.69) is 20.6 Å². The number of carbonyl (C=O) groups excluding carboxylic acids is 4. The number of nitrogens with zero attached hydrogens (tertiary/aromatic N) is 1. The van der Waals surface area contributed by atoms with Crippen LogP contribution in [-0.2, 0) is 22.3 Å². The zero-order valence-corrected chi connectivity index (χ0v) is 30.4. The highest BCUT2D eigenvalue weighted by Crippen LogP contribution is 2.25. The van der Waals surface area contributed by atoms with E-state index in [1.807, 2.05) is 60.9 Å². The Balaban J connectivity index is 0.000000300. The van der Waals surface area contributed by atoms with Gasteiger partial charge in [0.05, 0.1) is 36.4 Å². The van der Waals surface area contributed by atoms with E-state index in [4.69, 9.17) is 9.47 Å². The molecule has 5 N–H and O–H groups in total. The van der Waals surface area contributed by atoms with Crippen molar-refractivity contribution < 1.29 is 33.8 Å². The fourth-order valence-corrected chi connectivity index (χ4v) is 6.03. The number of aromatic nitrogens is 2. The molecule has 12 nitrogen and oxygen atoms in total. The van der Waals surface area contributed by atoms with Crippen molar-refractivity contribution in [1.82, 2.24) is 25.5 Å². The molecule has 54 heavy (non-hydrogen) atoms. The summed E-state index contributed by atoms with van der Waals surface area (Å²) in [6.45, 7) is 10.7. The van der Waals surface area contributed by atoms with E-state index in [0.29, 0.717) is 24.0 Å². The van der Waals surface area contributed by atoms with Crippen LogP contribution >= 0.6 is 0 Å². The van der Waals surface area contributed by atoms with Crippen LogP contribution in [0.4, 0.5) is 9.59 Å². The maximum absolute atomic E-state index is 12.8. The predicted molar refractivity (Wildman–Crippen MR) is 213 cm³/mol. The number of aliphatic hydroxyl groups excluding tert-OH is 1. The van der Waals surface area contributed by atoms with E-state index < -0.39 is 29.4 Å². The Labute approximate surface area is 317 Å². The van der Waals surface area contributed by atoms with Crippen LogP contribution < -0.4 is 10.6 Å². The van der Waals surface area contributed by atoms with Crippen LogP contribution in [0, 0.1) is 0 Å². The van der Waals surface area contributed by atoms with E-state index in [9.17, 15) is 24.3 Å². The standard InChI is InChI=1S/C24H25N3O4.C16H22N2O3.2CH4/c1-24(2,3)31-23(30)26-16(12-15-13-25-20-11-7-6-8-17(15)20)14-27-21(28)18-9-4-5-10-19(18)22(27)29;1-16(2,3)21-15(20)18-12(10-19)8-11-9-17-14-7-5-4-6-13(11)14;;/h4-11,13,16,25H,12,14H2,1-3H3,(H,26,30);4-7,9,12,17,19H,8,10H2,1-3H3,(H,18,20);2*1H4/t16-;12-;;/m11../s1. The van der Waals surface area contributed by atoms with Crippen molar-refractivity contribution >= 4 is 45.8 Å². The lowest BCUT2D eigenvalue weighted by atomic mass is 10.0. The van der Waals surface area contributed by atoms with Crippen LogP contribution in [0.15, 0.2) is 85.2 Å². The summed E-state index contributed by atoms with van der Waals surface area (Å²) in [6, 6.07) is 21.7. The average Bonchev–Trinajstić information content (AvgIpc) is 3.74. The van der Waals surface area contributed by atoms with Gasteiger partial charge in [0.25, 0.3) is 11.8 Å². The lowest BCUT2D eigenvalue weighted by Gasteiger charge is -2.26. The number of rotatable bonds is 9. The molecular weight excluding hydrogens is 686 g/mol. The van der Waals surface area contributed by atoms with Gasteiger partial charge in [-0.2, -0.15) is 0 Å². The van der Waals surface area contributed by atoms with Gasteiger partial charge in [0, 0.05) is 34.2 Å². The Kier molecular flexibility index (Phi) is 14.2. The second-order valence-corrected chi connectivity index (χ2v) is 14.8. The number of hydrogen-bond donors (Lipinski definition) is 5. The van der Waals surface area contributed by atoms with Crippen LogP contribution in [0.1, 0.15) is 88.2 Å². The minimum absolute atomic E-state index is 0. The number of aliphatic hydroxyl groups is 1. The van der Waals surface area contributed by atoms with Gasteiger partial charge in [0.2, 0.25) is 0 Å². The van der Waals surface area contributed by atoms with Crippen LogP contribution in [0.5, 0.6) is 0 Å². The zero-order chi connectivity index (χ0) is 37.6. The summed E-state index contributed by atoms with van der Waals surface area (Å²) < 4.78 is 10.6. The Morgan fingerprint density at radius 1 is 0.667 bits per heavy atom. The molecule has 1 aliphatic heterocycles. The fourth-order valence-electron chi connectivity index (χ4n) is 6.03. The van der Waals surface area contributed by atoms with Crippen molar-refractivity contribution in [3.63, 3.8) is 0 Å². The lowest BCUT2D eigenvalue weighted by molar-refractivity contribution is 0.0466. The number of fused-ring (bicyclic) bond motifs is 3. The number of ether oxygens (including phenoxy) is 2. The SMILES string of the molecule is C.C.CC(C)(C)OC(=O)N[C@@H](CO)Cc1c[nH]c2ccccc12.CC(C)(C)OC(=O)N[C@H](Cc1c[nH]c2ccccc12)CN1C(=O)c2ccccc2C1=O. The largest absolute Gasteiger partial charge is 0.444 e. The van der Waals surface area contributed by atoms with E-state index in [1.54, 1.807) is 65.8 Å². The lowest BCUT2D eigenvalue weighted by Crippen LogP contribution is -2.48. The molecular formula is C42H55N5O7. The Morgan fingerprint density at radius 3 is 1.48 bits per heavy atom. The second kappa shape index (κ2) is 17.9. The quantitative estimate of drug-likeness (QED) is 0.0963. The number of carbonyl (C=O) groups is 4. The molecule has 12 heteroatoms. The smallest absolute Gasteiger partial charge is 0.407 e. The maximum atomic E-state index is 12.8. The van der Waals surface area contributed by atoms with Crippen molar-refractivity contribution in [2.24, 2.45) is 0 Å². The predicted octanol–water partition coefficient (Wildman–Crippen LogP) is 7.77. The topological polar surface area (TPSA) is 166 Å². The molecule has 3 aromatic carbocycles. The van der Waals surface area contributed by atoms with Gasteiger partial charge in [-0.15, -0.1) is 0 Å². The molecule has 0 aliphatic carbocycles. The number of imide groups is 1. The molecule has 0 unspecified atom stereocenters. The summed E-state index contributed by atoms with van der Waals surface area (Å²) in [4.78, 5) is 57.5. The molecule has 3 heterocycles. The Bertz CT molecular complexity index is 2020. The number of alkyl carbamates (subject to hydrolysis) is 2. The summed E-state index contributed by atoms with van der Waals surface area (Å²) in [5.74, 6) is -0.703. The van der Waals surface area contributed by atoms with Crippen molar-refractivity contribution in [2.45, 2.75) is 92.5 Å². The molecule has 0 saturated carbocycles. The third kappa shape index (κ3) is 11.0. The van der Waals surface area contributed by atoms with E-state index >= 15 is 0 Å². The Morgan fingerprint density at radius 2 is 1.06 bits per heavy atom. The second-order valence-electron chi connectivity index (χ2n) is 14.8. The van der Waals surface area contributed by atoms with Crippen molar-refractivity contribution in [3.05, 3.63) is 107 Å². The number of amides is 4. The van der Waals surface area contributed by atoms with E-state index in [-0.39, 0.29) is 45.9 Å². The zero-order valence-electron chi connectivity index (χ0n) is 30.4. The molecule has 2 atom stereocenters. The maximum Gasteiger partial charge on any atom is 0.407 e. The van der Waals surface area contributed by atoms with E-state index in [0.717, 1.165) is 32.9 Å². The first-order valence-corrected chi connectivity index (χ1v) is 17.3. The third-order valence-corrected chi connectivity index (χ3v) is 8.23. The molecule has 0 spiro atoms. The van der Waals surface area contributed by atoms with Gasteiger partial charge in [0.15, 0.2) is 0 Å². The summed E-state index contributed by atoms with van der Waals surface area (Å²) in [5, 5.41) is 17.1. The molecule has 4 amide bonds. The van der Waals surface area contributed by atoms with Gasteiger partial charge >= 0.3 is 12.2 Å². The summed E-state index contributed by atoms with van der Waals surface area (Å²) in [5.41, 5.74) is 3.62. The summed E-state index contributed by atoms with van der Waals surface area (Å²) in [6.07, 6.45) is 3.66. The molecule has 290 valence electrons. The van der Waals surface area contributed by atoms with Crippen LogP contribution in [0.2, 0.25) is 0 Å². The first kappa shape index (κ1) is 42.8. The number of hydrogen-bond acceptors (Lipinski definition) is 7. The van der Waals surface area contributed by atoms with Crippen LogP contribution in [0.3, 0.4) is 0 Å². The number of benzene rings is 3. The highest BCUT2D eigenvalue weighted by Gasteiger charge is 2.37. The minimum atomic E-state index is -0.662. The molecule has 6 rings (SSSR count). The third-order valence-electron chi connectivity index (χ3n) is 8.23. The molecule has 0 radical (unpaired) electrons. The fraction of sp³-hybridized carbons (Fsp3) is 0.381. The molecule has 0 bridgehead atoms. The van der Waals surface area contributed by atoms with Gasteiger partial charge in [-0.1, -0.05) is 63.4 Å². The average molecular weight is 742 g/mol. The van der Waals surface area contributed by atoms with E-state index in [1.165, 1.54) is 4.90 Å². The van der Waals surface area contributed by atoms with Gasteiger partial charge in [-0.05, 0) is 89.8 Å². The molecule has 1 aliphatic rings. The number of nitrogens with one attached hydrogen (secondary N) is 4. The minimum Gasteiger partial charge on any atom is -0.444 e. The van der Waals surface area contributed by atoms with Gasteiger partial charge in [0.1, 0.15) is 11.2 Å². The van der Waals surface area contributed by atoms with Crippen LogP contribution in [-0.4, -0.2) is 80.4 Å². The van der Waals surface area contributed by atoms with Gasteiger partial charge < -0.3 is 35.2 Å². The first-order valence-electron chi connectivity index (χ1n) is 17.3. The van der Waals surface area contributed by atoms with Gasteiger partial charge in [-0.25, -0.2) is 9.59 Å². The number of H-pyrrole nitrogens is 2. The highest BCUT2D eigenvalue weighted by molar-refractivity contribution is 6.21. The number of para-hydroxylation sites is 2. The van der Waals surface area contributed by atoms with Crippen LogP contribution in [0.25, 0.3) is 21.8 Å². The monoisotopic (exact) mass is 741 g/mol. The number of aromatic amines is 2. The van der Waals surface area contributed by atoms with Crippen molar-refractivity contribution in [3.8, 4) is 0 Å². The normalized spacial score (nSPS) is 13.5. The Hall–Kier alpha value is -5.62.